The first-order chi connectivity index (χ1) is 7.41. The molecule has 0 aliphatic carbocycles. The zero-order valence-corrected chi connectivity index (χ0v) is 10.1. The van der Waals surface area contributed by atoms with E-state index in [1.54, 1.807) is 19.9 Å². The SMILES string of the molecule is CC(C)Oc1ccc(C(=O)C(C)C)cc1F. The standard InChI is InChI=1S/C13H17FO2/c1-8(2)13(15)10-5-6-12(11(14)7-10)16-9(3)4/h5-9H,1-4H3. The summed E-state index contributed by atoms with van der Waals surface area (Å²) in [7, 11) is 0. The summed E-state index contributed by atoms with van der Waals surface area (Å²) >= 11 is 0. The average molecular weight is 224 g/mol. The molecule has 0 bridgehead atoms. The zero-order chi connectivity index (χ0) is 12.3. The zero-order valence-electron chi connectivity index (χ0n) is 10.1. The second-order valence-electron chi connectivity index (χ2n) is 4.33. The van der Waals surface area contributed by atoms with Crippen LogP contribution in [-0.2, 0) is 0 Å². The number of carbonyl (C=O) groups excluding carboxylic acids is 1. The molecule has 0 N–H and O–H groups in total. The van der Waals surface area contributed by atoms with Crippen molar-refractivity contribution < 1.29 is 13.9 Å². The smallest absolute Gasteiger partial charge is 0.165 e. The molecule has 1 rings (SSSR count). The van der Waals surface area contributed by atoms with Gasteiger partial charge in [0.15, 0.2) is 17.3 Å². The summed E-state index contributed by atoms with van der Waals surface area (Å²) < 4.78 is 18.8. The van der Waals surface area contributed by atoms with Gasteiger partial charge in [0.05, 0.1) is 6.10 Å². The Labute approximate surface area is 95.4 Å². The van der Waals surface area contributed by atoms with E-state index in [0.717, 1.165) is 0 Å². The molecule has 0 aliphatic rings. The van der Waals surface area contributed by atoms with Crippen molar-refractivity contribution in [2.75, 3.05) is 0 Å². The maximum absolute atomic E-state index is 13.6. The van der Waals surface area contributed by atoms with E-state index in [1.165, 1.54) is 12.1 Å². The molecule has 1 aromatic rings. The maximum Gasteiger partial charge on any atom is 0.165 e. The van der Waals surface area contributed by atoms with Gasteiger partial charge in [-0.25, -0.2) is 4.39 Å². The van der Waals surface area contributed by atoms with Crippen molar-refractivity contribution >= 4 is 5.78 Å². The molecule has 1 aromatic carbocycles. The molecule has 0 fully saturated rings. The molecule has 0 aromatic heterocycles. The average Bonchev–Trinajstić information content (AvgIpc) is 2.19. The van der Waals surface area contributed by atoms with E-state index in [4.69, 9.17) is 4.74 Å². The highest BCUT2D eigenvalue weighted by molar-refractivity contribution is 5.97. The highest BCUT2D eigenvalue weighted by Crippen LogP contribution is 2.21. The van der Waals surface area contributed by atoms with E-state index in [0.29, 0.717) is 5.56 Å². The third-order valence-electron chi connectivity index (χ3n) is 2.10. The third-order valence-corrected chi connectivity index (χ3v) is 2.10. The van der Waals surface area contributed by atoms with Gasteiger partial charge >= 0.3 is 0 Å². The summed E-state index contributed by atoms with van der Waals surface area (Å²) in [5.41, 5.74) is 0.392. The van der Waals surface area contributed by atoms with Crippen LogP contribution in [0.4, 0.5) is 4.39 Å². The van der Waals surface area contributed by atoms with Crippen molar-refractivity contribution in [2.45, 2.75) is 33.8 Å². The molecule has 0 unspecified atom stereocenters. The van der Waals surface area contributed by atoms with Crippen molar-refractivity contribution in [3.05, 3.63) is 29.6 Å². The Kier molecular flexibility index (Phi) is 4.05. The van der Waals surface area contributed by atoms with Gasteiger partial charge in [-0.3, -0.25) is 4.79 Å². The first-order valence-corrected chi connectivity index (χ1v) is 5.42. The first-order valence-electron chi connectivity index (χ1n) is 5.42. The van der Waals surface area contributed by atoms with Crippen LogP contribution in [-0.4, -0.2) is 11.9 Å². The van der Waals surface area contributed by atoms with Gasteiger partial charge in [-0.1, -0.05) is 13.8 Å². The predicted molar refractivity (Wildman–Crippen MR) is 61.3 cm³/mol. The Hall–Kier alpha value is -1.38. The molecule has 0 aliphatic heterocycles. The van der Waals surface area contributed by atoms with Crippen LogP contribution in [0.1, 0.15) is 38.1 Å². The van der Waals surface area contributed by atoms with Crippen LogP contribution in [0.15, 0.2) is 18.2 Å². The van der Waals surface area contributed by atoms with Gasteiger partial charge in [-0.15, -0.1) is 0 Å². The van der Waals surface area contributed by atoms with Gasteiger partial charge in [-0.2, -0.15) is 0 Å². The van der Waals surface area contributed by atoms with Crippen LogP contribution in [0.25, 0.3) is 0 Å². The van der Waals surface area contributed by atoms with Crippen molar-refractivity contribution in [1.82, 2.24) is 0 Å². The number of rotatable bonds is 4. The Morgan fingerprint density at radius 3 is 2.31 bits per heavy atom. The molecule has 2 nitrogen and oxygen atoms in total. The minimum atomic E-state index is -0.486. The van der Waals surface area contributed by atoms with Gasteiger partial charge in [0.25, 0.3) is 0 Å². The van der Waals surface area contributed by atoms with E-state index in [2.05, 4.69) is 0 Å². The molecule has 16 heavy (non-hydrogen) atoms. The summed E-state index contributed by atoms with van der Waals surface area (Å²) in [5, 5.41) is 0. The van der Waals surface area contributed by atoms with E-state index in [9.17, 15) is 9.18 Å². The van der Waals surface area contributed by atoms with Crippen molar-refractivity contribution in [1.29, 1.82) is 0 Å². The van der Waals surface area contributed by atoms with Gasteiger partial charge in [0, 0.05) is 11.5 Å². The summed E-state index contributed by atoms with van der Waals surface area (Å²) in [6, 6.07) is 4.34. The fourth-order valence-corrected chi connectivity index (χ4v) is 1.34. The Morgan fingerprint density at radius 1 is 1.25 bits per heavy atom. The predicted octanol–water partition coefficient (Wildman–Crippen LogP) is 3.45. The fourth-order valence-electron chi connectivity index (χ4n) is 1.34. The number of Topliss-reactive ketones (excluding diaryl/α,β-unsaturated/α-hetero) is 1. The lowest BCUT2D eigenvalue weighted by atomic mass is 10.0. The van der Waals surface area contributed by atoms with Gasteiger partial charge < -0.3 is 4.74 Å². The van der Waals surface area contributed by atoms with Gasteiger partial charge in [-0.05, 0) is 32.0 Å². The van der Waals surface area contributed by atoms with Crippen LogP contribution in [0.5, 0.6) is 5.75 Å². The number of hydrogen-bond donors (Lipinski definition) is 0. The molecule has 0 amide bonds. The first kappa shape index (κ1) is 12.7. The number of benzene rings is 1. The third kappa shape index (κ3) is 3.05. The van der Waals surface area contributed by atoms with Crippen LogP contribution >= 0.6 is 0 Å². The molecular formula is C13H17FO2. The second kappa shape index (κ2) is 5.10. The van der Waals surface area contributed by atoms with Crippen molar-refractivity contribution in [3.63, 3.8) is 0 Å². The molecule has 0 saturated carbocycles. The quantitative estimate of drug-likeness (QED) is 0.732. The minimum Gasteiger partial charge on any atom is -0.488 e. The van der Waals surface area contributed by atoms with Crippen molar-refractivity contribution in [2.24, 2.45) is 5.92 Å². The van der Waals surface area contributed by atoms with Gasteiger partial charge in [0.1, 0.15) is 0 Å². The van der Waals surface area contributed by atoms with E-state index in [-0.39, 0.29) is 23.6 Å². The number of carbonyl (C=O) groups is 1. The monoisotopic (exact) mass is 224 g/mol. The number of hydrogen-bond acceptors (Lipinski definition) is 2. The van der Waals surface area contributed by atoms with Crippen LogP contribution in [0.3, 0.4) is 0 Å². The normalized spacial score (nSPS) is 10.9. The fraction of sp³-hybridized carbons (Fsp3) is 0.462. The van der Waals surface area contributed by atoms with Crippen LogP contribution in [0.2, 0.25) is 0 Å². The molecule has 0 radical (unpaired) electrons. The van der Waals surface area contributed by atoms with E-state index in [1.807, 2.05) is 13.8 Å². The van der Waals surface area contributed by atoms with Crippen LogP contribution in [0, 0.1) is 11.7 Å². The topological polar surface area (TPSA) is 26.3 Å². The lowest BCUT2D eigenvalue weighted by Gasteiger charge is -2.11. The summed E-state index contributed by atoms with van der Waals surface area (Å²) in [4.78, 5) is 11.6. The molecule has 3 heteroatoms. The lowest BCUT2D eigenvalue weighted by Crippen LogP contribution is -2.10. The van der Waals surface area contributed by atoms with Crippen LogP contribution < -0.4 is 4.74 Å². The molecule has 88 valence electrons. The summed E-state index contributed by atoms with van der Waals surface area (Å²) in [6.07, 6.45) is -0.0823. The largest absolute Gasteiger partial charge is 0.488 e. The summed E-state index contributed by atoms with van der Waals surface area (Å²) in [5.74, 6) is -0.484. The Bertz CT molecular complexity index is 384. The van der Waals surface area contributed by atoms with E-state index < -0.39 is 5.82 Å². The Morgan fingerprint density at radius 2 is 1.88 bits per heavy atom. The minimum absolute atomic E-state index is 0.0602. The number of ether oxygens (including phenoxy) is 1. The summed E-state index contributed by atoms with van der Waals surface area (Å²) in [6.45, 7) is 7.23. The number of halogens is 1. The second-order valence-corrected chi connectivity index (χ2v) is 4.33. The highest BCUT2D eigenvalue weighted by Gasteiger charge is 2.13. The highest BCUT2D eigenvalue weighted by atomic mass is 19.1. The molecular weight excluding hydrogens is 207 g/mol. The molecule has 0 saturated heterocycles. The maximum atomic E-state index is 13.6. The van der Waals surface area contributed by atoms with E-state index >= 15 is 0 Å². The van der Waals surface area contributed by atoms with Crippen molar-refractivity contribution in [3.8, 4) is 5.75 Å². The lowest BCUT2D eigenvalue weighted by molar-refractivity contribution is 0.0939. The van der Waals surface area contributed by atoms with Gasteiger partial charge in [0.2, 0.25) is 0 Å². The Balaban J connectivity index is 2.95. The molecule has 0 atom stereocenters. The number of ketones is 1. The molecule has 0 spiro atoms. The molecule has 0 heterocycles.